The van der Waals surface area contributed by atoms with Crippen LogP contribution in [0.2, 0.25) is 0 Å². The van der Waals surface area contributed by atoms with Gasteiger partial charge < -0.3 is 15.3 Å². The third-order valence-electron chi connectivity index (χ3n) is 0.922. The third-order valence-corrected chi connectivity index (χ3v) is 0.922. The van der Waals surface area contributed by atoms with E-state index in [0.717, 1.165) is 0 Å². The van der Waals surface area contributed by atoms with Crippen LogP contribution in [0, 0.1) is 0 Å². The van der Waals surface area contributed by atoms with E-state index in [-0.39, 0.29) is 6.29 Å². The molecule has 0 amide bonds. The second-order valence-electron chi connectivity index (χ2n) is 1.68. The van der Waals surface area contributed by atoms with Crippen molar-refractivity contribution in [3.8, 4) is 0 Å². The number of hydrogen-bond acceptors (Lipinski definition) is 5. The molecule has 0 rings (SSSR count). The summed E-state index contributed by atoms with van der Waals surface area (Å²) < 4.78 is 0. The fourth-order valence-corrected chi connectivity index (χ4v) is 0.354. The molecule has 0 aliphatic carbocycles. The van der Waals surface area contributed by atoms with E-state index in [1.54, 1.807) is 0 Å². The molecule has 0 aromatic rings. The van der Waals surface area contributed by atoms with Crippen LogP contribution >= 0.6 is 0 Å². The second kappa shape index (κ2) is 4.10. The highest BCUT2D eigenvalue weighted by Crippen LogP contribution is 1.88. The average molecular weight is 148 g/mol. The van der Waals surface area contributed by atoms with Crippen molar-refractivity contribution in [2.45, 2.75) is 12.2 Å². The van der Waals surface area contributed by atoms with Crippen LogP contribution in [0.15, 0.2) is 0 Å². The maximum Gasteiger partial charge on any atom is 0.199 e. The van der Waals surface area contributed by atoms with Crippen molar-refractivity contribution in [2.75, 3.05) is 6.61 Å². The summed E-state index contributed by atoms with van der Waals surface area (Å²) in [5.41, 5.74) is 0. The minimum absolute atomic E-state index is 0.0127. The zero-order valence-electron chi connectivity index (χ0n) is 5.10. The molecule has 0 radical (unpaired) electrons. The second-order valence-corrected chi connectivity index (χ2v) is 1.68. The van der Waals surface area contributed by atoms with Gasteiger partial charge in [-0.15, -0.1) is 0 Å². The quantitative estimate of drug-likeness (QED) is 0.302. The highest BCUT2D eigenvalue weighted by Gasteiger charge is 2.21. The van der Waals surface area contributed by atoms with Gasteiger partial charge in [-0.3, -0.25) is 9.59 Å². The Hall–Kier alpha value is -0.780. The van der Waals surface area contributed by atoms with Crippen molar-refractivity contribution in [1.29, 1.82) is 0 Å². The number of ketones is 1. The number of aliphatic hydroxyl groups is 3. The normalized spacial score (nSPS) is 15.9. The van der Waals surface area contributed by atoms with Gasteiger partial charge in [-0.2, -0.15) is 0 Å². The molecule has 0 fully saturated rings. The number of aldehydes is 1. The lowest BCUT2D eigenvalue weighted by molar-refractivity contribution is -0.140. The summed E-state index contributed by atoms with van der Waals surface area (Å²) in [6, 6.07) is 0. The molecule has 3 N–H and O–H groups in total. The van der Waals surface area contributed by atoms with E-state index in [9.17, 15) is 9.59 Å². The van der Waals surface area contributed by atoms with Crippen LogP contribution in [0.1, 0.15) is 0 Å². The van der Waals surface area contributed by atoms with Crippen molar-refractivity contribution in [2.24, 2.45) is 0 Å². The number of Topliss-reactive ketones (excluding diaryl/α,β-unsaturated/α-hetero) is 1. The number of rotatable bonds is 4. The van der Waals surface area contributed by atoms with Crippen molar-refractivity contribution in [3.05, 3.63) is 0 Å². The van der Waals surface area contributed by atoms with Crippen molar-refractivity contribution in [3.63, 3.8) is 0 Å². The number of hydrogen-bond donors (Lipinski definition) is 3. The Balaban J connectivity index is 3.93. The maximum absolute atomic E-state index is 10.4. The van der Waals surface area contributed by atoms with Crippen LogP contribution in [0.3, 0.4) is 0 Å². The lowest BCUT2D eigenvalue weighted by Gasteiger charge is -2.05. The van der Waals surface area contributed by atoms with Crippen molar-refractivity contribution in [1.82, 2.24) is 0 Å². The Morgan fingerprint density at radius 2 is 2.00 bits per heavy atom. The summed E-state index contributed by atoms with van der Waals surface area (Å²) in [5, 5.41) is 25.1. The van der Waals surface area contributed by atoms with Crippen LogP contribution in [0.25, 0.3) is 0 Å². The maximum atomic E-state index is 10.4. The zero-order chi connectivity index (χ0) is 8.15. The molecule has 0 saturated carbocycles. The van der Waals surface area contributed by atoms with Gasteiger partial charge in [0, 0.05) is 0 Å². The monoisotopic (exact) mass is 148 g/mol. The Bertz CT molecular complexity index is 132. The average Bonchev–Trinajstić information content (AvgIpc) is 2.00. The van der Waals surface area contributed by atoms with Gasteiger partial charge in [0.25, 0.3) is 0 Å². The smallest absolute Gasteiger partial charge is 0.199 e. The molecule has 0 aliphatic heterocycles. The fourth-order valence-electron chi connectivity index (χ4n) is 0.354. The van der Waals surface area contributed by atoms with Gasteiger partial charge in [-0.1, -0.05) is 0 Å². The van der Waals surface area contributed by atoms with E-state index < -0.39 is 24.6 Å². The Labute approximate surface area is 56.9 Å². The van der Waals surface area contributed by atoms with Gasteiger partial charge >= 0.3 is 0 Å². The van der Waals surface area contributed by atoms with Gasteiger partial charge in [0.15, 0.2) is 18.2 Å². The SMILES string of the molecule is O=C[C@H](O)C(=O)[C@H](O)CO. The number of carbonyl (C=O) groups is 2. The molecule has 0 unspecified atom stereocenters. The molecule has 0 aromatic heterocycles. The van der Waals surface area contributed by atoms with Gasteiger partial charge in [0.05, 0.1) is 6.61 Å². The van der Waals surface area contributed by atoms with E-state index in [4.69, 9.17) is 15.3 Å². The molecule has 58 valence electrons. The Kier molecular flexibility index (Phi) is 3.78. The summed E-state index contributed by atoms with van der Waals surface area (Å²) in [7, 11) is 0. The van der Waals surface area contributed by atoms with Crippen LogP contribution in [-0.4, -0.2) is 46.2 Å². The predicted molar refractivity (Wildman–Crippen MR) is 30.2 cm³/mol. The van der Waals surface area contributed by atoms with Crippen LogP contribution < -0.4 is 0 Å². The van der Waals surface area contributed by atoms with Crippen molar-refractivity contribution >= 4 is 12.1 Å². The first-order valence-corrected chi connectivity index (χ1v) is 2.59. The molecule has 0 heterocycles. The van der Waals surface area contributed by atoms with Gasteiger partial charge in [0.1, 0.15) is 6.10 Å². The van der Waals surface area contributed by atoms with Crippen LogP contribution in [0.4, 0.5) is 0 Å². The van der Waals surface area contributed by atoms with Gasteiger partial charge in [-0.25, -0.2) is 0 Å². The molecular formula is C5H8O5. The standard InChI is InChI=1S/C5H8O5/c6-1-3(8)5(10)4(9)2-7/h1,3-4,7-9H,2H2/t3-,4+/m0/s1. The number of aliphatic hydroxyl groups excluding tert-OH is 3. The van der Waals surface area contributed by atoms with E-state index in [1.165, 1.54) is 0 Å². The minimum atomic E-state index is -1.83. The summed E-state index contributed by atoms with van der Waals surface area (Å²) in [6.45, 7) is -0.788. The molecule has 0 spiro atoms. The van der Waals surface area contributed by atoms with E-state index in [2.05, 4.69) is 0 Å². The summed E-state index contributed by atoms with van der Waals surface area (Å²) in [4.78, 5) is 20.1. The molecule has 10 heavy (non-hydrogen) atoms. The first kappa shape index (κ1) is 9.22. The summed E-state index contributed by atoms with van der Waals surface area (Å²) in [6.07, 6.45) is -3.51. The van der Waals surface area contributed by atoms with Gasteiger partial charge in [0.2, 0.25) is 0 Å². The first-order chi connectivity index (χ1) is 4.63. The van der Waals surface area contributed by atoms with E-state index in [0.29, 0.717) is 0 Å². The van der Waals surface area contributed by atoms with Crippen LogP contribution in [0.5, 0.6) is 0 Å². The third kappa shape index (κ3) is 2.22. The van der Waals surface area contributed by atoms with Crippen molar-refractivity contribution < 1.29 is 24.9 Å². The molecule has 0 aliphatic rings. The molecule has 2 atom stereocenters. The van der Waals surface area contributed by atoms with E-state index in [1.807, 2.05) is 0 Å². The lowest BCUT2D eigenvalue weighted by Crippen LogP contribution is -2.35. The molecule has 0 bridgehead atoms. The first-order valence-electron chi connectivity index (χ1n) is 2.59. The Morgan fingerprint density at radius 3 is 2.30 bits per heavy atom. The number of carbonyl (C=O) groups excluding carboxylic acids is 2. The molecule has 5 nitrogen and oxygen atoms in total. The molecular weight excluding hydrogens is 140 g/mol. The molecule has 0 aromatic carbocycles. The van der Waals surface area contributed by atoms with Gasteiger partial charge in [-0.05, 0) is 0 Å². The highest BCUT2D eigenvalue weighted by molar-refractivity contribution is 5.98. The topological polar surface area (TPSA) is 94.8 Å². The predicted octanol–water partition coefficient (Wildman–Crippen LogP) is -2.53. The molecule has 0 saturated heterocycles. The molecule has 5 heteroatoms. The highest BCUT2D eigenvalue weighted by atomic mass is 16.3. The minimum Gasteiger partial charge on any atom is -0.393 e. The summed E-state index contributed by atoms with van der Waals surface area (Å²) >= 11 is 0. The van der Waals surface area contributed by atoms with Crippen LogP contribution in [-0.2, 0) is 9.59 Å². The largest absolute Gasteiger partial charge is 0.393 e. The van der Waals surface area contributed by atoms with E-state index >= 15 is 0 Å². The Morgan fingerprint density at radius 1 is 1.50 bits per heavy atom. The lowest BCUT2D eigenvalue weighted by atomic mass is 10.1. The summed E-state index contributed by atoms with van der Waals surface area (Å²) in [5.74, 6) is -1.09. The zero-order valence-corrected chi connectivity index (χ0v) is 5.10. The fraction of sp³-hybridized carbons (Fsp3) is 0.600.